The van der Waals surface area contributed by atoms with Gasteiger partial charge in [0.2, 0.25) is 0 Å². The van der Waals surface area contributed by atoms with Gasteiger partial charge in [-0.05, 0) is 48.4 Å². The molecule has 156 valence electrons. The van der Waals surface area contributed by atoms with Gasteiger partial charge in [-0.2, -0.15) is 0 Å². The summed E-state index contributed by atoms with van der Waals surface area (Å²) in [4.78, 5) is 36.3. The fraction of sp³-hybridized carbons (Fsp3) is 0.130. The Kier molecular flexibility index (Phi) is 5.97. The average molecular weight is 452 g/mol. The molecule has 0 bridgehead atoms. The minimum Gasteiger partial charge on any atom is -0.465 e. The van der Waals surface area contributed by atoms with Gasteiger partial charge < -0.3 is 4.74 Å². The molecule has 0 aliphatic rings. The third-order valence-corrected chi connectivity index (χ3v) is 6.29. The summed E-state index contributed by atoms with van der Waals surface area (Å²) in [7, 11) is 1.29. The van der Waals surface area contributed by atoms with E-state index in [9.17, 15) is 9.59 Å². The molecule has 2 aromatic carbocycles. The number of halogens is 1. The number of esters is 1. The van der Waals surface area contributed by atoms with Gasteiger partial charge in [-0.3, -0.25) is 14.7 Å². The van der Waals surface area contributed by atoms with Crippen molar-refractivity contribution in [3.63, 3.8) is 0 Å². The molecule has 0 N–H and O–H groups in total. The SMILES string of the molecule is COC(=O)c1ccccc1C(=O)N(Cc1cccnc1)c1nc2c(C)c(Cl)ccc2s1. The van der Waals surface area contributed by atoms with E-state index in [0.29, 0.717) is 10.2 Å². The molecule has 0 aliphatic carbocycles. The molecule has 0 fully saturated rings. The van der Waals surface area contributed by atoms with E-state index in [0.717, 1.165) is 21.3 Å². The lowest BCUT2D eigenvalue weighted by molar-refractivity contribution is 0.0597. The third-order valence-electron chi connectivity index (χ3n) is 4.84. The highest BCUT2D eigenvalue weighted by atomic mass is 35.5. The van der Waals surface area contributed by atoms with Gasteiger partial charge in [-0.1, -0.05) is 41.1 Å². The fourth-order valence-electron chi connectivity index (χ4n) is 3.21. The van der Waals surface area contributed by atoms with Crippen molar-refractivity contribution in [1.29, 1.82) is 0 Å². The highest BCUT2D eigenvalue weighted by molar-refractivity contribution is 7.22. The van der Waals surface area contributed by atoms with Crippen LogP contribution < -0.4 is 4.90 Å². The van der Waals surface area contributed by atoms with Gasteiger partial charge in [0.15, 0.2) is 5.13 Å². The van der Waals surface area contributed by atoms with Crippen molar-refractivity contribution in [3.05, 3.63) is 88.2 Å². The van der Waals surface area contributed by atoms with Gasteiger partial charge >= 0.3 is 5.97 Å². The molecular formula is C23H18ClN3O3S. The van der Waals surface area contributed by atoms with Crippen LogP contribution in [0, 0.1) is 6.92 Å². The van der Waals surface area contributed by atoms with Crippen molar-refractivity contribution < 1.29 is 14.3 Å². The number of hydrogen-bond donors (Lipinski definition) is 0. The van der Waals surface area contributed by atoms with Crippen LogP contribution in [-0.4, -0.2) is 29.0 Å². The van der Waals surface area contributed by atoms with Gasteiger partial charge in [-0.25, -0.2) is 9.78 Å². The maximum absolute atomic E-state index is 13.7. The summed E-state index contributed by atoms with van der Waals surface area (Å²) in [5.41, 5.74) is 2.88. The number of carbonyl (C=O) groups is 2. The van der Waals surface area contributed by atoms with Gasteiger partial charge in [0.05, 0.1) is 35.0 Å². The molecule has 0 atom stereocenters. The number of nitrogens with zero attached hydrogens (tertiary/aromatic N) is 3. The number of ether oxygens (including phenoxy) is 1. The number of benzene rings is 2. The van der Waals surface area contributed by atoms with Crippen LogP contribution in [0.25, 0.3) is 10.2 Å². The quantitative estimate of drug-likeness (QED) is 0.385. The molecule has 0 unspecified atom stereocenters. The summed E-state index contributed by atoms with van der Waals surface area (Å²) in [6, 6.07) is 14.0. The van der Waals surface area contributed by atoms with E-state index in [1.165, 1.54) is 18.4 Å². The average Bonchev–Trinajstić information content (AvgIpc) is 3.24. The molecule has 0 radical (unpaired) electrons. The number of fused-ring (bicyclic) bond motifs is 1. The molecule has 0 saturated carbocycles. The number of methoxy groups -OCH3 is 1. The van der Waals surface area contributed by atoms with Crippen LogP contribution in [0.1, 0.15) is 31.8 Å². The zero-order chi connectivity index (χ0) is 22.0. The minimum atomic E-state index is -0.572. The molecule has 4 rings (SSSR count). The number of carbonyl (C=O) groups excluding carboxylic acids is 2. The highest BCUT2D eigenvalue weighted by Crippen LogP contribution is 2.35. The molecule has 0 saturated heterocycles. The maximum atomic E-state index is 13.7. The number of rotatable bonds is 5. The Hall–Kier alpha value is -3.29. The number of amides is 1. The van der Waals surface area contributed by atoms with Gasteiger partial charge in [-0.15, -0.1) is 0 Å². The lowest BCUT2D eigenvalue weighted by Gasteiger charge is -2.21. The van der Waals surface area contributed by atoms with Crippen LogP contribution in [0.15, 0.2) is 60.9 Å². The number of aromatic nitrogens is 2. The van der Waals surface area contributed by atoms with Crippen LogP contribution in [-0.2, 0) is 11.3 Å². The molecule has 31 heavy (non-hydrogen) atoms. The van der Waals surface area contributed by atoms with Crippen LogP contribution in [0.4, 0.5) is 5.13 Å². The summed E-state index contributed by atoms with van der Waals surface area (Å²) >= 11 is 7.65. The lowest BCUT2D eigenvalue weighted by Crippen LogP contribution is -2.31. The Morgan fingerprint density at radius 1 is 1.10 bits per heavy atom. The molecule has 1 amide bonds. The second-order valence-corrected chi connectivity index (χ2v) is 8.22. The lowest BCUT2D eigenvalue weighted by atomic mass is 10.1. The van der Waals surface area contributed by atoms with Crippen molar-refractivity contribution in [2.45, 2.75) is 13.5 Å². The fourth-order valence-corrected chi connectivity index (χ4v) is 4.38. The topological polar surface area (TPSA) is 72.4 Å². The van der Waals surface area contributed by atoms with E-state index in [4.69, 9.17) is 21.3 Å². The minimum absolute atomic E-state index is 0.200. The molecule has 6 nitrogen and oxygen atoms in total. The molecule has 4 aromatic rings. The molecular weight excluding hydrogens is 434 g/mol. The molecule has 2 aromatic heterocycles. The number of thiazole rings is 1. The van der Waals surface area contributed by atoms with Gasteiger partial charge in [0, 0.05) is 17.4 Å². The Labute approximate surface area is 188 Å². The molecule has 0 aliphatic heterocycles. The first-order valence-corrected chi connectivity index (χ1v) is 10.6. The van der Waals surface area contributed by atoms with Gasteiger partial charge in [0.1, 0.15) is 0 Å². The van der Waals surface area contributed by atoms with Crippen molar-refractivity contribution in [3.8, 4) is 0 Å². The summed E-state index contributed by atoms with van der Waals surface area (Å²) in [6.45, 7) is 2.14. The zero-order valence-electron chi connectivity index (χ0n) is 16.8. The molecule has 8 heteroatoms. The largest absolute Gasteiger partial charge is 0.465 e. The first-order valence-electron chi connectivity index (χ1n) is 9.43. The van der Waals surface area contributed by atoms with Crippen molar-refractivity contribution in [2.24, 2.45) is 0 Å². The predicted molar refractivity (Wildman–Crippen MR) is 122 cm³/mol. The Morgan fingerprint density at radius 3 is 2.58 bits per heavy atom. The van der Waals surface area contributed by atoms with E-state index >= 15 is 0 Å². The summed E-state index contributed by atoms with van der Waals surface area (Å²) in [5, 5.41) is 1.12. The molecule has 0 spiro atoms. The van der Waals surface area contributed by atoms with E-state index in [-0.39, 0.29) is 23.6 Å². The Balaban J connectivity index is 1.84. The van der Waals surface area contributed by atoms with E-state index in [1.807, 2.05) is 31.2 Å². The van der Waals surface area contributed by atoms with E-state index < -0.39 is 5.97 Å². The second kappa shape index (κ2) is 8.83. The van der Waals surface area contributed by atoms with Crippen molar-refractivity contribution >= 4 is 50.2 Å². The Morgan fingerprint density at radius 2 is 1.87 bits per heavy atom. The second-order valence-electron chi connectivity index (χ2n) is 6.81. The number of hydrogen-bond acceptors (Lipinski definition) is 6. The smallest absolute Gasteiger partial charge is 0.338 e. The number of anilines is 1. The molecule has 2 heterocycles. The van der Waals surface area contributed by atoms with Crippen molar-refractivity contribution in [2.75, 3.05) is 12.0 Å². The number of aryl methyl sites for hydroxylation is 1. The Bertz CT molecular complexity index is 1270. The standard InChI is InChI=1S/C23H18ClN3O3S/c1-14-18(24)9-10-19-20(14)26-23(31-19)27(13-15-6-5-11-25-12-15)21(28)16-7-3-4-8-17(16)22(29)30-2/h3-12H,13H2,1-2H3. The third kappa shape index (κ3) is 4.15. The number of pyridine rings is 1. The predicted octanol–water partition coefficient (Wildman–Crippen LogP) is 5.29. The summed E-state index contributed by atoms with van der Waals surface area (Å²) < 4.78 is 5.78. The van der Waals surface area contributed by atoms with Gasteiger partial charge in [0.25, 0.3) is 5.91 Å². The van der Waals surface area contributed by atoms with E-state index in [1.54, 1.807) is 41.6 Å². The van der Waals surface area contributed by atoms with Crippen LogP contribution in [0.3, 0.4) is 0 Å². The van der Waals surface area contributed by atoms with Crippen LogP contribution in [0.5, 0.6) is 0 Å². The maximum Gasteiger partial charge on any atom is 0.338 e. The normalized spacial score (nSPS) is 10.8. The first-order chi connectivity index (χ1) is 15.0. The summed E-state index contributed by atoms with van der Waals surface area (Å²) in [5.74, 6) is -0.926. The van der Waals surface area contributed by atoms with Crippen LogP contribution in [0.2, 0.25) is 5.02 Å². The monoisotopic (exact) mass is 451 g/mol. The van der Waals surface area contributed by atoms with E-state index in [2.05, 4.69) is 4.98 Å². The highest BCUT2D eigenvalue weighted by Gasteiger charge is 2.26. The zero-order valence-corrected chi connectivity index (χ0v) is 18.4. The van der Waals surface area contributed by atoms with Crippen LogP contribution >= 0.6 is 22.9 Å². The first kappa shape index (κ1) is 21.0. The summed E-state index contributed by atoms with van der Waals surface area (Å²) in [6.07, 6.45) is 3.37. The van der Waals surface area contributed by atoms with Crippen molar-refractivity contribution in [1.82, 2.24) is 9.97 Å².